The second kappa shape index (κ2) is 17.0. The molecule has 0 amide bonds. The molecule has 0 aromatic rings. The third kappa shape index (κ3) is 15.0. The zero-order valence-electron chi connectivity index (χ0n) is 19.3. The van der Waals surface area contributed by atoms with Crippen LogP contribution in [-0.4, -0.2) is 53.6 Å². The summed E-state index contributed by atoms with van der Waals surface area (Å²) in [6.07, 6.45) is 8.69. The van der Waals surface area contributed by atoms with Crippen LogP contribution in [0, 0.1) is 11.8 Å². The van der Waals surface area contributed by atoms with Crippen LogP contribution in [0.2, 0.25) is 4.94 Å². The first-order valence-corrected chi connectivity index (χ1v) is 16.7. The standard InChI is InChI=1S/C21H39O4S2.CH3.Sn/c1-16(2)12-8-6-10-14-24-19(22)18(5)27-21(26)20(23)25-15-11-7-9-13-17(3)4;;/h16-17,21,26H,6-15H2,1-5H3;1H3;. The van der Waals surface area contributed by atoms with Crippen molar-refractivity contribution in [3.8, 4) is 0 Å². The van der Waals surface area contributed by atoms with Gasteiger partial charge in [-0.25, -0.2) is 0 Å². The van der Waals surface area contributed by atoms with E-state index in [4.69, 9.17) is 9.47 Å². The van der Waals surface area contributed by atoms with E-state index in [0.29, 0.717) is 19.1 Å². The molecule has 29 heavy (non-hydrogen) atoms. The van der Waals surface area contributed by atoms with Gasteiger partial charge in [-0.05, 0) is 0 Å². The third-order valence-corrected chi connectivity index (χ3v) is 12.0. The summed E-state index contributed by atoms with van der Waals surface area (Å²) in [5.41, 5.74) is 0. The number of thioether (sulfide) groups is 1. The zero-order valence-corrected chi connectivity index (χ0v) is 23.9. The van der Waals surface area contributed by atoms with Crippen LogP contribution in [0.1, 0.15) is 86.0 Å². The molecule has 0 spiro atoms. The minimum absolute atomic E-state index is 0.194. The summed E-state index contributed by atoms with van der Waals surface area (Å²) >= 11 is 4.65. The van der Waals surface area contributed by atoms with Gasteiger partial charge >= 0.3 is 200 Å². The molecule has 0 N–H and O–H groups in total. The average Bonchev–Trinajstić information content (AvgIpc) is 2.66. The average molecular weight is 553 g/mol. The van der Waals surface area contributed by atoms with Crippen LogP contribution in [-0.2, 0) is 19.1 Å². The molecule has 2 atom stereocenters. The molecule has 0 aliphatic carbocycles. The first kappa shape index (κ1) is 29.4. The quantitative estimate of drug-likeness (QED) is 0.0792. The maximum atomic E-state index is 12.6. The molecule has 0 saturated carbocycles. The second-order valence-electron chi connectivity index (χ2n) is 8.54. The molecule has 0 aromatic carbocycles. The van der Waals surface area contributed by atoms with E-state index in [0.717, 1.165) is 31.6 Å². The molecule has 0 fully saturated rings. The molecule has 4 nitrogen and oxygen atoms in total. The molecule has 170 valence electrons. The summed E-state index contributed by atoms with van der Waals surface area (Å²) in [7, 11) is 0. The maximum absolute atomic E-state index is 12.6. The third-order valence-electron chi connectivity index (χ3n) is 4.74. The Balaban J connectivity index is 4.18. The van der Waals surface area contributed by atoms with E-state index in [2.05, 4.69) is 45.3 Å². The van der Waals surface area contributed by atoms with Gasteiger partial charge in [0.05, 0.1) is 0 Å². The van der Waals surface area contributed by atoms with Crippen molar-refractivity contribution in [3.05, 3.63) is 0 Å². The first-order chi connectivity index (χ1) is 13.6. The fourth-order valence-corrected chi connectivity index (χ4v) is 7.94. The number of hydrogen-bond donors (Lipinski definition) is 1. The molecule has 0 aliphatic heterocycles. The molecular weight excluding hydrogens is 511 g/mol. The number of hydrogen-bond acceptors (Lipinski definition) is 6. The number of carbonyl (C=O) groups excluding carboxylic acids is 2. The monoisotopic (exact) mass is 554 g/mol. The van der Waals surface area contributed by atoms with Gasteiger partial charge in [-0.15, -0.1) is 0 Å². The van der Waals surface area contributed by atoms with E-state index in [1.165, 1.54) is 37.4 Å². The van der Waals surface area contributed by atoms with Crippen molar-refractivity contribution in [3.63, 3.8) is 0 Å². The van der Waals surface area contributed by atoms with Crippen molar-refractivity contribution in [1.82, 2.24) is 0 Å². The van der Waals surface area contributed by atoms with Crippen LogP contribution in [0.3, 0.4) is 0 Å². The van der Waals surface area contributed by atoms with E-state index >= 15 is 0 Å². The molecule has 0 heterocycles. The predicted molar refractivity (Wildman–Crippen MR) is 129 cm³/mol. The van der Waals surface area contributed by atoms with Crippen molar-refractivity contribution < 1.29 is 19.1 Å². The summed E-state index contributed by atoms with van der Waals surface area (Å²) in [5.74, 6) is 0.896. The molecule has 1 unspecified atom stereocenters. The summed E-state index contributed by atoms with van der Waals surface area (Å²) in [4.78, 5) is 26.9. The number of rotatable bonds is 17. The van der Waals surface area contributed by atoms with Gasteiger partial charge in [0.2, 0.25) is 0 Å². The Hall–Kier alpha value is 0.439. The first-order valence-electron chi connectivity index (χ1n) is 11.0. The SMILES string of the molecule is [CH3][Sn][C@](C)(SC(S)C(=O)OCCCCCC(C)C)C(=O)OCCCCCC(C)C. The zero-order chi connectivity index (χ0) is 22.3. The fraction of sp³-hybridized carbons (Fsp3) is 0.909. The van der Waals surface area contributed by atoms with Crippen molar-refractivity contribution in [1.29, 1.82) is 0 Å². The summed E-state index contributed by atoms with van der Waals surface area (Å²) in [6.45, 7) is 11.7. The van der Waals surface area contributed by atoms with Gasteiger partial charge in [-0.2, -0.15) is 0 Å². The molecule has 0 aliphatic rings. The second-order valence-corrected chi connectivity index (χ2v) is 16.2. The van der Waals surface area contributed by atoms with Crippen molar-refractivity contribution >= 4 is 57.5 Å². The molecule has 7 heteroatoms. The van der Waals surface area contributed by atoms with Crippen molar-refractivity contribution in [2.45, 2.75) is 98.3 Å². The predicted octanol–water partition coefficient (Wildman–Crippen LogP) is 5.96. The number of unbranched alkanes of at least 4 members (excludes halogenated alkanes) is 4. The van der Waals surface area contributed by atoms with Crippen LogP contribution < -0.4 is 0 Å². The number of thiol groups is 1. The van der Waals surface area contributed by atoms with Crippen LogP contribution in [0.25, 0.3) is 0 Å². The van der Waals surface area contributed by atoms with Gasteiger partial charge in [-0.3, -0.25) is 0 Å². The normalized spacial score (nSPS) is 14.7. The number of esters is 2. The van der Waals surface area contributed by atoms with Crippen molar-refractivity contribution in [2.24, 2.45) is 11.8 Å². The van der Waals surface area contributed by atoms with Gasteiger partial charge in [0.1, 0.15) is 0 Å². The topological polar surface area (TPSA) is 52.6 Å². The van der Waals surface area contributed by atoms with Crippen molar-refractivity contribution in [2.75, 3.05) is 13.2 Å². The Morgan fingerprint density at radius 1 is 0.897 bits per heavy atom. The molecule has 0 saturated heterocycles. The van der Waals surface area contributed by atoms with Crippen LogP contribution in [0.4, 0.5) is 0 Å². The molecule has 0 rings (SSSR count). The van der Waals surface area contributed by atoms with Gasteiger partial charge in [-0.1, -0.05) is 0 Å². The molecule has 0 aromatic heterocycles. The Morgan fingerprint density at radius 3 is 1.83 bits per heavy atom. The van der Waals surface area contributed by atoms with Gasteiger partial charge in [0, 0.05) is 0 Å². The van der Waals surface area contributed by atoms with Crippen LogP contribution in [0.5, 0.6) is 0 Å². The summed E-state index contributed by atoms with van der Waals surface area (Å²) in [6, 6.07) is 0. The Bertz CT molecular complexity index is 460. The number of carbonyl (C=O) groups is 2. The van der Waals surface area contributed by atoms with Gasteiger partial charge in [0.25, 0.3) is 0 Å². The summed E-state index contributed by atoms with van der Waals surface area (Å²) in [5, 5.41) is 0. The molecule has 2 radical (unpaired) electrons. The number of ether oxygens (including phenoxy) is 2. The Labute approximate surface area is 199 Å². The van der Waals surface area contributed by atoms with Crippen LogP contribution in [0.15, 0.2) is 0 Å². The van der Waals surface area contributed by atoms with Gasteiger partial charge < -0.3 is 0 Å². The van der Waals surface area contributed by atoms with E-state index in [1.54, 1.807) is 0 Å². The van der Waals surface area contributed by atoms with E-state index < -0.39 is 28.5 Å². The Kier molecular flexibility index (Phi) is 17.3. The fourth-order valence-electron chi connectivity index (χ4n) is 2.69. The van der Waals surface area contributed by atoms with E-state index in [1.807, 2.05) is 6.92 Å². The summed E-state index contributed by atoms with van der Waals surface area (Å²) < 4.78 is 9.62. The van der Waals surface area contributed by atoms with E-state index in [9.17, 15) is 9.59 Å². The molecule has 0 bridgehead atoms. The minimum atomic E-state index is -1.05. The van der Waals surface area contributed by atoms with Crippen LogP contribution >= 0.6 is 24.4 Å². The van der Waals surface area contributed by atoms with Gasteiger partial charge in [0.15, 0.2) is 0 Å². The van der Waals surface area contributed by atoms with E-state index in [-0.39, 0.29) is 11.9 Å². The Morgan fingerprint density at radius 2 is 1.38 bits per heavy atom. The molecular formula is C22H42O4S2Sn.